The smallest absolute Gasteiger partial charge is 0.264 e. The lowest BCUT2D eigenvalue weighted by Gasteiger charge is -2.23. The molecule has 186 valence electrons. The van der Waals surface area contributed by atoms with Crippen LogP contribution in [0.15, 0.2) is 77.7 Å². The van der Waals surface area contributed by atoms with E-state index in [1.807, 2.05) is 19.1 Å². The fourth-order valence-electron chi connectivity index (χ4n) is 3.56. The van der Waals surface area contributed by atoms with Gasteiger partial charge in [-0.2, -0.15) is 0 Å². The average molecular weight is 499 g/mol. The van der Waals surface area contributed by atoms with Gasteiger partial charge >= 0.3 is 0 Å². The molecule has 0 saturated carbocycles. The van der Waals surface area contributed by atoms with Crippen LogP contribution in [0.25, 0.3) is 0 Å². The second-order valence-corrected chi connectivity index (χ2v) is 9.53. The van der Waals surface area contributed by atoms with Gasteiger partial charge in [0.25, 0.3) is 15.9 Å². The van der Waals surface area contributed by atoms with Crippen LogP contribution in [0.2, 0.25) is 0 Å². The number of nitrogens with zero attached hydrogens (tertiary/aromatic N) is 1. The largest absolute Gasteiger partial charge is 0.493 e. The molecular formula is C26H30N2O6S. The summed E-state index contributed by atoms with van der Waals surface area (Å²) < 4.78 is 43.5. The van der Waals surface area contributed by atoms with Crippen LogP contribution in [-0.4, -0.2) is 41.7 Å². The van der Waals surface area contributed by atoms with E-state index in [-0.39, 0.29) is 30.0 Å². The van der Waals surface area contributed by atoms with Gasteiger partial charge in [0.2, 0.25) is 0 Å². The Kier molecular flexibility index (Phi) is 8.59. The minimum absolute atomic E-state index is 0.184. The van der Waals surface area contributed by atoms with Crippen molar-refractivity contribution < 1.29 is 27.4 Å². The molecule has 0 aliphatic rings. The molecule has 8 nitrogen and oxygen atoms in total. The second kappa shape index (κ2) is 11.6. The Morgan fingerprint density at radius 1 is 0.943 bits per heavy atom. The topological polar surface area (TPSA) is 94.2 Å². The van der Waals surface area contributed by atoms with Crippen LogP contribution >= 0.6 is 0 Å². The van der Waals surface area contributed by atoms with Crippen molar-refractivity contribution in [1.29, 1.82) is 0 Å². The zero-order valence-electron chi connectivity index (χ0n) is 20.2. The summed E-state index contributed by atoms with van der Waals surface area (Å²) >= 11 is 0. The van der Waals surface area contributed by atoms with Crippen LogP contribution in [-0.2, 0) is 14.8 Å². The molecule has 3 aromatic carbocycles. The molecular weight excluding hydrogens is 468 g/mol. The standard InChI is InChI=1S/C26H30N2O6S/c1-5-28(35(30,31)23-9-7-6-8-10-23)21-12-14-22(15-13-21)34-18-26(29)27-19(2)20-11-16-24(32-3)25(17-20)33-4/h6-17,19H,5,18H2,1-4H3,(H,27,29)/t19-/m0/s1. The first-order valence-electron chi connectivity index (χ1n) is 11.1. The third-order valence-corrected chi connectivity index (χ3v) is 7.32. The molecule has 1 N–H and O–H groups in total. The van der Waals surface area contributed by atoms with Crippen LogP contribution in [0, 0.1) is 0 Å². The molecule has 0 heterocycles. The molecule has 0 spiro atoms. The summed E-state index contributed by atoms with van der Waals surface area (Å²) in [4.78, 5) is 12.6. The number of methoxy groups -OCH3 is 2. The third kappa shape index (κ3) is 6.24. The Bertz CT molecular complexity index is 1230. The molecule has 0 bridgehead atoms. The molecule has 0 radical (unpaired) electrons. The van der Waals surface area contributed by atoms with Gasteiger partial charge < -0.3 is 19.5 Å². The van der Waals surface area contributed by atoms with E-state index in [9.17, 15) is 13.2 Å². The summed E-state index contributed by atoms with van der Waals surface area (Å²) in [7, 11) is -0.560. The number of ether oxygens (including phenoxy) is 3. The lowest BCUT2D eigenvalue weighted by molar-refractivity contribution is -0.123. The quantitative estimate of drug-likeness (QED) is 0.426. The SMILES string of the molecule is CCN(c1ccc(OCC(=O)N[C@@H](C)c2ccc(OC)c(OC)c2)cc1)S(=O)(=O)c1ccccc1. The van der Waals surface area contributed by atoms with Gasteiger partial charge in [-0.25, -0.2) is 8.42 Å². The normalized spacial score (nSPS) is 11.9. The predicted molar refractivity (Wildman–Crippen MR) is 135 cm³/mol. The molecule has 0 aliphatic carbocycles. The van der Waals surface area contributed by atoms with E-state index in [1.54, 1.807) is 81.8 Å². The lowest BCUT2D eigenvalue weighted by Crippen LogP contribution is -2.31. The summed E-state index contributed by atoms with van der Waals surface area (Å²) in [5.74, 6) is 1.35. The fourth-order valence-corrected chi connectivity index (χ4v) is 5.05. The van der Waals surface area contributed by atoms with Gasteiger partial charge in [-0.1, -0.05) is 24.3 Å². The van der Waals surface area contributed by atoms with Crippen LogP contribution in [0.1, 0.15) is 25.5 Å². The highest BCUT2D eigenvalue weighted by atomic mass is 32.2. The van der Waals surface area contributed by atoms with Crippen molar-refractivity contribution in [3.05, 3.63) is 78.4 Å². The number of hydrogen-bond acceptors (Lipinski definition) is 6. The lowest BCUT2D eigenvalue weighted by atomic mass is 10.1. The molecule has 0 unspecified atom stereocenters. The van der Waals surface area contributed by atoms with Gasteiger partial charge in [0.05, 0.1) is 30.8 Å². The Hall–Kier alpha value is -3.72. The minimum Gasteiger partial charge on any atom is -0.493 e. The number of carbonyl (C=O) groups excluding carboxylic acids is 1. The number of carbonyl (C=O) groups is 1. The summed E-state index contributed by atoms with van der Waals surface area (Å²) in [6.07, 6.45) is 0. The van der Waals surface area contributed by atoms with E-state index in [0.717, 1.165) is 5.56 Å². The highest BCUT2D eigenvalue weighted by Gasteiger charge is 2.23. The van der Waals surface area contributed by atoms with Crippen molar-refractivity contribution in [2.75, 3.05) is 31.7 Å². The monoisotopic (exact) mass is 498 g/mol. The number of anilines is 1. The third-order valence-electron chi connectivity index (χ3n) is 5.40. The van der Waals surface area contributed by atoms with Gasteiger partial charge in [0, 0.05) is 6.54 Å². The zero-order chi connectivity index (χ0) is 25.4. The number of benzene rings is 3. The number of hydrogen-bond donors (Lipinski definition) is 1. The maximum absolute atomic E-state index is 13.0. The summed E-state index contributed by atoms with van der Waals surface area (Å²) in [6.45, 7) is 3.72. The second-order valence-electron chi connectivity index (χ2n) is 7.67. The molecule has 9 heteroatoms. The van der Waals surface area contributed by atoms with E-state index in [1.165, 1.54) is 4.31 Å². The number of sulfonamides is 1. The molecule has 0 fully saturated rings. The van der Waals surface area contributed by atoms with Gasteiger partial charge in [-0.3, -0.25) is 9.10 Å². The Balaban J connectivity index is 1.60. The van der Waals surface area contributed by atoms with Gasteiger partial charge in [0.15, 0.2) is 18.1 Å². The first-order chi connectivity index (χ1) is 16.8. The van der Waals surface area contributed by atoms with Crippen molar-refractivity contribution in [2.45, 2.75) is 24.8 Å². The molecule has 3 rings (SSSR count). The van der Waals surface area contributed by atoms with Crippen LogP contribution in [0.5, 0.6) is 17.2 Å². The van der Waals surface area contributed by atoms with Crippen molar-refractivity contribution in [2.24, 2.45) is 0 Å². The van der Waals surface area contributed by atoms with Crippen molar-refractivity contribution in [3.63, 3.8) is 0 Å². The highest BCUT2D eigenvalue weighted by molar-refractivity contribution is 7.92. The first-order valence-corrected chi connectivity index (χ1v) is 12.6. The number of rotatable bonds is 11. The summed E-state index contributed by atoms with van der Waals surface area (Å²) in [6, 6.07) is 20.1. The van der Waals surface area contributed by atoms with Gasteiger partial charge in [0.1, 0.15) is 5.75 Å². The van der Waals surface area contributed by atoms with Gasteiger partial charge in [-0.05, 0) is 67.9 Å². The predicted octanol–water partition coefficient (Wildman–Crippen LogP) is 4.18. The molecule has 0 aromatic heterocycles. The zero-order valence-corrected chi connectivity index (χ0v) is 21.0. The molecule has 1 atom stereocenters. The summed E-state index contributed by atoms with van der Waals surface area (Å²) in [5.41, 5.74) is 1.37. The first kappa shape index (κ1) is 25.9. The Morgan fingerprint density at radius 3 is 2.20 bits per heavy atom. The fraction of sp³-hybridized carbons (Fsp3) is 0.269. The molecule has 0 aliphatic heterocycles. The van der Waals surface area contributed by atoms with Crippen LogP contribution < -0.4 is 23.8 Å². The molecule has 3 aromatic rings. The van der Waals surface area contributed by atoms with Crippen LogP contribution in [0.4, 0.5) is 5.69 Å². The minimum atomic E-state index is -3.68. The van der Waals surface area contributed by atoms with Crippen LogP contribution in [0.3, 0.4) is 0 Å². The maximum atomic E-state index is 13.0. The van der Waals surface area contributed by atoms with E-state index < -0.39 is 10.0 Å². The molecule has 35 heavy (non-hydrogen) atoms. The average Bonchev–Trinajstić information content (AvgIpc) is 2.88. The van der Waals surface area contributed by atoms with Crippen molar-refractivity contribution in [1.82, 2.24) is 5.32 Å². The number of amides is 1. The maximum Gasteiger partial charge on any atom is 0.264 e. The van der Waals surface area contributed by atoms with Crippen molar-refractivity contribution >= 4 is 21.6 Å². The molecule has 0 saturated heterocycles. The Labute approximate surface area is 206 Å². The summed E-state index contributed by atoms with van der Waals surface area (Å²) in [5, 5.41) is 2.88. The highest BCUT2D eigenvalue weighted by Crippen LogP contribution is 2.30. The van der Waals surface area contributed by atoms with E-state index in [4.69, 9.17) is 14.2 Å². The van der Waals surface area contributed by atoms with E-state index in [0.29, 0.717) is 22.9 Å². The Morgan fingerprint density at radius 2 is 1.60 bits per heavy atom. The van der Waals surface area contributed by atoms with Gasteiger partial charge in [-0.15, -0.1) is 0 Å². The van der Waals surface area contributed by atoms with E-state index in [2.05, 4.69) is 5.32 Å². The van der Waals surface area contributed by atoms with E-state index >= 15 is 0 Å². The molecule has 1 amide bonds. The van der Waals surface area contributed by atoms with Crippen molar-refractivity contribution in [3.8, 4) is 17.2 Å². The number of nitrogens with one attached hydrogen (secondary N) is 1.